The Kier molecular flexibility index (Phi) is 5.64. The fourth-order valence-corrected chi connectivity index (χ4v) is 3.29. The van der Waals surface area contributed by atoms with Crippen LogP contribution in [0.5, 0.6) is 0 Å². The van der Waals surface area contributed by atoms with Gasteiger partial charge in [-0.25, -0.2) is 0 Å². The molecule has 1 amide bonds. The van der Waals surface area contributed by atoms with Gasteiger partial charge < -0.3 is 15.8 Å². The second-order valence-electron chi connectivity index (χ2n) is 6.22. The van der Waals surface area contributed by atoms with Crippen LogP contribution in [0.3, 0.4) is 0 Å². The molecule has 1 heterocycles. The molecule has 2 fully saturated rings. The number of hydrogen-bond acceptors (Lipinski definition) is 3. The van der Waals surface area contributed by atoms with Crippen molar-refractivity contribution in [1.82, 2.24) is 5.32 Å². The second-order valence-corrected chi connectivity index (χ2v) is 6.22. The lowest BCUT2D eigenvalue weighted by molar-refractivity contribution is -0.122. The normalized spacial score (nSPS) is 26.3. The average Bonchev–Trinajstić information content (AvgIpc) is 2.97. The Morgan fingerprint density at radius 2 is 2.05 bits per heavy atom. The van der Waals surface area contributed by atoms with E-state index in [0.29, 0.717) is 19.1 Å². The lowest BCUT2D eigenvalue weighted by Gasteiger charge is -2.36. The van der Waals surface area contributed by atoms with Crippen LogP contribution < -0.4 is 11.1 Å². The summed E-state index contributed by atoms with van der Waals surface area (Å²) in [5.41, 5.74) is 6.09. The van der Waals surface area contributed by atoms with Gasteiger partial charge in [0.1, 0.15) is 0 Å². The standard InChI is InChI=1S/C15H28N2O2/c16-11-15(8-2-1-3-9-15)12-17-14(18)7-6-13-5-4-10-19-13/h13H,1-12,16H2,(H,17,18). The molecule has 0 aromatic heterocycles. The smallest absolute Gasteiger partial charge is 0.220 e. The Balaban J connectivity index is 1.66. The van der Waals surface area contributed by atoms with Crippen molar-refractivity contribution in [2.45, 2.75) is 63.9 Å². The number of ether oxygens (including phenoxy) is 1. The zero-order valence-corrected chi connectivity index (χ0v) is 12.0. The molecule has 2 rings (SSSR count). The lowest BCUT2D eigenvalue weighted by atomic mass is 9.74. The van der Waals surface area contributed by atoms with Crippen LogP contribution in [0.15, 0.2) is 0 Å². The number of rotatable bonds is 6. The summed E-state index contributed by atoms with van der Waals surface area (Å²) in [5.74, 6) is 0.161. The number of amides is 1. The van der Waals surface area contributed by atoms with Gasteiger partial charge in [-0.2, -0.15) is 0 Å². The molecule has 1 saturated heterocycles. The summed E-state index contributed by atoms with van der Waals surface area (Å²) in [6.07, 6.45) is 10.2. The van der Waals surface area contributed by atoms with E-state index in [9.17, 15) is 4.79 Å². The Hall–Kier alpha value is -0.610. The molecule has 0 aromatic carbocycles. The van der Waals surface area contributed by atoms with Crippen molar-refractivity contribution in [2.24, 2.45) is 11.1 Å². The van der Waals surface area contributed by atoms with Crippen molar-refractivity contribution >= 4 is 5.91 Å². The van der Waals surface area contributed by atoms with Crippen LogP contribution in [-0.2, 0) is 9.53 Å². The van der Waals surface area contributed by atoms with E-state index in [-0.39, 0.29) is 11.3 Å². The van der Waals surface area contributed by atoms with E-state index in [1.54, 1.807) is 0 Å². The molecule has 4 heteroatoms. The molecule has 1 aliphatic heterocycles. The van der Waals surface area contributed by atoms with Gasteiger partial charge in [-0.15, -0.1) is 0 Å². The van der Waals surface area contributed by atoms with Crippen molar-refractivity contribution in [3.8, 4) is 0 Å². The predicted molar refractivity (Wildman–Crippen MR) is 75.8 cm³/mol. The third kappa shape index (κ3) is 4.46. The number of carbonyl (C=O) groups is 1. The van der Waals surface area contributed by atoms with Gasteiger partial charge in [0.2, 0.25) is 5.91 Å². The van der Waals surface area contributed by atoms with Gasteiger partial charge in [-0.1, -0.05) is 19.3 Å². The summed E-state index contributed by atoms with van der Waals surface area (Å²) in [4.78, 5) is 11.9. The summed E-state index contributed by atoms with van der Waals surface area (Å²) in [7, 11) is 0. The highest BCUT2D eigenvalue weighted by atomic mass is 16.5. The molecule has 0 bridgehead atoms. The van der Waals surface area contributed by atoms with Crippen molar-refractivity contribution in [1.29, 1.82) is 0 Å². The van der Waals surface area contributed by atoms with E-state index >= 15 is 0 Å². The largest absolute Gasteiger partial charge is 0.378 e. The molecule has 3 N–H and O–H groups in total. The molecule has 0 radical (unpaired) electrons. The summed E-state index contributed by atoms with van der Waals surface area (Å²) >= 11 is 0. The van der Waals surface area contributed by atoms with Crippen LogP contribution in [0.25, 0.3) is 0 Å². The maximum absolute atomic E-state index is 11.9. The monoisotopic (exact) mass is 268 g/mol. The molecule has 2 aliphatic rings. The lowest BCUT2D eigenvalue weighted by Crippen LogP contribution is -2.43. The van der Waals surface area contributed by atoms with Crippen molar-refractivity contribution < 1.29 is 9.53 Å². The van der Waals surface area contributed by atoms with E-state index in [1.165, 1.54) is 19.3 Å². The fourth-order valence-electron chi connectivity index (χ4n) is 3.29. The van der Waals surface area contributed by atoms with Gasteiger partial charge in [0.15, 0.2) is 0 Å². The van der Waals surface area contributed by atoms with Crippen molar-refractivity contribution in [2.75, 3.05) is 19.7 Å². The second kappa shape index (κ2) is 7.25. The molecule has 1 unspecified atom stereocenters. The first kappa shape index (κ1) is 14.8. The molecule has 1 aliphatic carbocycles. The maximum atomic E-state index is 11.9. The highest BCUT2D eigenvalue weighted by molar-refractivity contribution is 5.75. The van der Waals surface area contributed by atoms with E-state index < -0.39 is 0 Å². The van der Waals surface area contributed by atoms with Crippen LogP contribution in [0.1, 0.15) is 57.8 Å². The van der Waals surface area contributed by atoms with E-state index in [1.807, 2.05) is 0 Å². The minimum absolute atomic E-state index is 0.161. The highest BCUT2D eigenvalue weighted by Crippen LogP contribution is 2.34. The fraction of sp³-hybridized carbons (Fsp3) is 0.933. The molecule has 4 nitrogen and oxygen atoms in total. The first-order valence-corrected chi connectivity index (χ1v) is 7.82. The van der Waals surface area contributed by atoms with Gasteiger partial charge in [-0.05, 0) is 44.1 Å². The average molecular weight is 268 g/mol. The Morgan fingerprint density at radius 1 is 1.26 bits per heavy atom. The van der Waals surface area contributed by atoms with Crippen LogP contribution in [0.4, 0.5) is 0 Å². The summed E-state index contributed by atoms with van der Waals surface area (Å²) in [6.45, 7) is 2.31. The van der Waals surface area contributed by atoms with Crippen LogP contribution in [0.2, 0.25) is 0 Å². The number of carbonyl (C=O) groups excluding carboxylic acids is 1. The molecular weight excluding hydrogens is 240 g/mol. The summed E-state index contributed by atoms with van der Waals surface area (Å²) in [6, 6.07) is 0. The first-order chi connectivity index (χ1) is 9.24. The van der Waals surface area contributed by atoms with Crippen molar-refractivity contribution in [3.63, 3.8) is 0 Å². The van der Waals surface area contributed by atoms with Gasteiger partial charge in [0.05, 0.1) is 6.10 Å². The first-order valence-electron chi connectivity index (χ1n) is 7.82. The zero-order valence-electron chi connectivity index (χ0n) is 12.0. The Bertz CT molecular complexity index is 282. The highest BCUT2D eigenvalue weighted by Gasteiger charge is 2.30. The minimum Gasteiger partial charge on any atom is -0.378 e. The Labute approximate surface area is 116 Å². The third-order valence-corrected chi connectivity index (χ3v) is 4.73. The molecule has 110 valence electrons. The van der Waals surface area contributed by atoms with Crippen molar-refractivity contribution in [3.05, 3.63) is 0 Å². The number of nitrogens with one attached hydrogen (secondary N) is 1. The minimum atomic E-state index is 0.161. The summed E-state index contributed by atoms with van der Waals surface area (Å²) < 4.78 is 5.54. The molecule has 1 atom stereocenters. The van der Waals surface area contributed by atoms with Gasteiger partial charge in [-0.3, -0.25) is 4.79 Å². The molecule has 1 saturated carbocycles. The maximum Gasteiger partial charge on any atom is 0.220 e. The number of nitrogens with two attached hydrogens (primary N) is 1. The Morgan fingerprint density at radius 3 is 2.68 bits per heavy atom. The molecule has 19 heavy (non-hydrogen) atoms. The van der Waals surface area contributed by atoms with Gasteiger partial charge in [0, 0.05) is 19.6 Å². The SMILES string of the molecule is NCC1(CNC(=O)CCC2CCCO2)CCCCC1. The topological polar surface area (TPSA) is 64.3 Å². The van der Waals surface area contributed by atoms with E-state index in [4.69, 9.17) is 10.5 Å². The van der Waals surface area contributed by atoms with Crippen LogP contribution in [0, 0.1) is 5.41 Å². The predicted octanol–water partition coefficient (Wildman–Crippen LogP) is 1.97. The third-order valence-electron chi connectivity index (χ3n) is 4.73. The number of hydrogen-bond donors (Lipinski definition) is 2. The van der Waals surface area contributed by atoms with Gasteiger partial charge >= 0.3 is 0 Å². The molecule has 0 spiro atoms. The molecular formula is C15H28N2O2. The quantitative estimate of drug-likeness (QED) is 0.774. The summed E-state index contributed by atoms with van der Waals surface area (Å²) in [5, 5.41) is 3.09. The van der Waals surface area contributed by atoms with Gasteiger partial charge in [0.25, 0.3) is 0 Å². The van der Waals surface area contributed by atoms with Crippen LogP contribution >= 0.6 is 0 Å². The molecule has 0 aromatic rings. The van der Waals surface area contributed by atoms with Crippen LogP contribution in [-0.4, -0.2) is 31.7 Å². The van der Waals surface area contributed by atoms with E-state index in [2.05, 4.69) is 5.32 Å². The zero-order chi connectivity index (χ0) is 13.6. The van der Waals surface area contributed by atoms with E-state index in [0.717, 1.165) is 45.3 Å².